The van der Waals surface area contributed by atoms with Crippen molar-refractivity contribution >= 4 is 17.5 Å². The first kappa shape index (κ1) is 18.1. The summed E-state index contributed by atoms with van der Waals surface area (Å²) in [5.74, 6) is 1.50. The Morgan fingerprint density at radius 1 is 1.38 bits per heavy atom. The number of anilines is 2. The van der Waals surface area contributed by atoms with E-state index in [1.54, 1.807) is 18.3 Å². The average Bonchev–Trinajstić information content (AvgIpc) is 2.62. The normalized spacial score (nSPS) is 17.7. The van der Waals surface area contributed by atoms with Gasteiger partial charge in [0.1, 0.15) is 5.82 Å². The second-order valence-corrected chi connectivity index (χ2v) is 6.78. The SMILES string of the molecule is CN(C)c1nccc(NC2CCCN(Cc3cccc([N+](=O)[O-])c3)C2)n1. The Labute approximate surface area is 153 Å². The highest BCUT2D eigenvalue weighted by Gasteiger charge is 2.21. The van der Waals surface area contributed by atoms with Gasteiger partial charge in [-0.3, -0.25) is 15.0 Å². The fraction of sp³-hybridized carbons (Fsp3) is 0.444. The van der Waals surface area contributed by atoms with Crippen molar-refractivity contribution in [2.75, 3.05) is 37.4 Å². The lowest BCUT2D eigenvalue weighted by Crippen LogP contribution is -2.41. The first-order valence-electron chi connectivity index (χ1n) is 8.74. The number of non-ortho nitro benzene ring substituents is 1. The van der Waals surface area contributed by atoms with E-state index < -0.39 is 0 Å². The zero-order valence-corrected chi connectivity index (χ0v) is 15.1. The summed E-state index contributed by atoms with van der Waals surface area (Å²) < 4.78 is 0. The quantitative estimate of drug-likeness (QED) is 0.628. The van der Waals surface area contributed by atoms with Crippen LogP contribution in [0.5, 0.6) is 0 Å². The minimum absolute atomic E-state index is 0.145. The van der Waals surface area contributed by atoms with Crippen LogP contribution in [0.4, 0.5) is 17.5 Å². The molecule has 0 bridgehead atoms. The maximum atomic E-state index is 10.9. The van der Waals surface area contributed by atoms with E-state index in [-0.39, 0.29) is 10.6 Å². The molecule has 8 nitrogen and oxygen atoms in total. The standard InChI is InChI=1S/C18H24N6O2/c1-22(2)18-19-9-8-17(21-18)20-15-6-4-10-23(13-15)12-14-5-3-7-16(11-14)24(25)26/h3,5,7-9,11,15H,4,6,10,12-13H2,1-2H3,(H,19,20,21). The van der Waals surface area contributed by atoms with Crippen molar-refractivity contribution in [3.8, 4) is 0 Å². The number of rotatable bonds is 6. The van der Waals surface area contributed by atoms with Crippen molar-refractivity contribution in [3.05, 3.63) is 52.2 Å². The molecular weight excluding hydrogens is 332 g/mol. The van der Waals surface area contributed by atoms with Gasteiger partial charge in [0.2, 0.25) is 5.95 Å². The molecule has 1 N–H and O–H groups in total. The molecule has 2 heterocycles. The molecule has 0 saturated carbocycles. The molecule has 0 radical (unpaired) electrons. The summed E-state index contributed by atoms with van der Waals surface area (Å²) in [6, 6.07) is 9.06. The van der Waals surface area contributed by atoms with E-state index in [4.69, 9.17) is 0 Å². The van der Waals surface area contributed by atoms with Crippen LogP contribution in [0.15, 0.2) is 36.5 Å². The lowest BCUT2D eigenvalue weighted by molar-refractivity contribution is -0.384. The summed E-state index contributed by atoms with van der Waals surface area (Å²) in [4.78, 5) is 23.6. The van der Waals surface area contributed by atoms with E-state index in [1.807, 2.05) is 31.1 Å². The molecule has 0 amide bonds. The molecule has 0 aliphatic carbocycles. The molecule has 1 aliphatic rings. The van der Waals surface area contributed by atoms with Gasteiger partial charge in [-0.05, 0) is 31.0 Å². The van der Waals surface area contributed by atoms with Crippen molar-refractivity contribution in [3.63, 3.8) is 0 Å². The smallest absolute Gasteiger partial charge is 0.269 e. The third kappa shape index (κ3) is 4.66. The van der Waals surface area contributed by atoms with Gasteiger partial charge in [-0.25, -0.2) is 4.98 Å². The van der Waals surface area contributed by atoms with Crippen molar-refractivity contribution in [2.24, 2.45) is 0 Å². The van der Waals surface area contributed by atoms with Crippen molar-refractivity contribution < 1.29 is 4.92 Å². The van der Waals surface area contributed by atoms with Gasteiger partial charge in [0.15, 0.2) is 0 Å². The van der Waals surface area contributed by atoms with Gasteiger partial charge in [-0.2, -0.15) is 4.98 Å². The molecular formula is C18H24N6O2. The predicted molar refractivity (Wildman–Crippen MR) is 101 cm³/mol. The van der Waals surface area contributed by atoms with Crippen LogP contribution in [0.2, 0.25) is 0 Å². The van der Waals surface area contributed by atoms with Gasteiger partial charge in [0.05, 0.1) is 4.92 Å². The number of benzene rings is 1. The first-order valence-corrected chi connectivity index (χ1v) is 8.74. The topological polar surface area (TPSA) is 87.4 Å². The predicted octanol–water partition coefficient (Wildman–Crippen LogP) is 2.53. The van der Waals surface area contributed by atoms with E-state index in [2.05, 4.69) is 20.2 Å². The van der Waals surface area contributed by atoms with Crippen LogP contribution in [0.3, 0.4) is 0 Å². The number of hydrogen-bond donors (Lipinski definition) is 1. The number of hydrogen-bond acceptors (Lipinski definition) is 7. The Morgan fingerprint density at radius 2 is 2.23 bits per heavy atom. The highest BCUT2D eigenvalue weighted by Crippen LogP contribution is 2.20. The molecule has 1 aromatic heterocycles. The fourth-order valence-electron chi connectivity index (χ4n) is 3.20. The zero-order chi connectivity index (χ0) is 18.5. The summed E-state index contributed by atoms with van der Waals surface area (Å²) in [7, 11) is 3.83. The second kappa shape index (κ2) is 8.09. The maximum absolute atomic E-state index is 10.9. The minimum atomic E-state index is -0.346. The number of nitro benzene ring substituents is 1. The lowest BCUT2D eigenvalue weighted by Gasteiger charge is -2.33. The molecule has 138 valence electrons. The van der Waals surface area contributed by atoms with Crippen LogP contribution in [0.1, 0.15) is 18.4 Å². The van der Waals surface area contributed by atoms with E-state index in [0.29, 0.717) is 18.5 Å². The van der Waals surface area contributed by atoms with Crippen LogP contribution in [-0.2, 0) is 6.54 Å². The molecule has 26 heavy (non-hydrogen) atoms. The van der Waals surface area contributed by atoms with E-state index in [1.165, 1.54) is 6.07 Å². The molecule has 8 heteroatoms. The van der Waals surface area contributed by atoms with Gasteiger partial charge in [0.25, 0.3) is 5.69 Å². The number of nitrogens with zero attached hydrogens (tertiary/aromatic N) is 5. The number of nitro groups is 1. The number of aromatic nitrogens is 2. The Bertz CT molecular complexity index is 767. The van der Waals surface area contributed by atoms with Crippen LogP contribution in [0.25, 0.3) is 0 Å². The number of piperidine rings is 1. The van der Waals surface area contributed by atoms with Gasteiger partial charge in [-0.15, -0.1) is 0 Å². The average molecular weight is 356 g/mol. The Morgan fingerprint density at radius 3 is 3.00 bits per heavy atom. The van der Waals surface area contributed by atoms with Crippen molar-refractivity contribution in [2.45, 2.75) is 25.4 Å². The molecule has 1 unspecified atom stereocenters. The molecule has 2 aromatic rings. The monoisotopic (exact) mass is 356 g/mol. The van der Waals surface area contributed by atoms with Crippen LogP contribution >= 0.6 is 0 Å². The lowest BCUT2D eigenvalue weighted by atomic mass is 10.0. The highest BCUT2D eigenvalue weighted by atomic mass is 16.6. The molecule has 1 atom stereocenters. The van der Waals surface area contributed by atoms with Crippen molar-refractivity contribution in [1.82, 2.24) is 14.9 Å². The van der Waals surface area contributed by atoms with E-state index in [9.17, 15) is 10.1 Å². The number of nitrogens with one attached hydrogen (secondary N) is 1. The van der Waals surface area contributed by atoms with Gasteiger partial charge in [0, 0.05) is 51.6 Å². The Balaban J connectivity index is 1.61. The summed E-state index contributed by atoms with van der Waals surface area (Å²) in [5.41, 5.74) is 1.11. The van der Waals surface area contributed by atoms with Crippen LogP contribution in [-0.4, -0.2) is 53.0 Å². The molecule has 1 aromatic carbocycles. The molecule has 1 aliphatic heterocycles. The fourth-order valence-corrected chi connectivity index (χ4v) is 3.20. The van der Waals surface area contributed by atoms with Crippen LogP contribution in [0, 0.1) is 10.1 Å². The van der Waals surface area contributed by atoms with Gasteiger partial charge >= 0.3 is 0 Å². The number of likely N-dealkylation sites (tertiary alicyclic amines) is 1. The summed E-state index contributed by atoms with van der Waals surface area (Å²) in [6.45, 7) is 2.59. The molecule has 3 rings (SSSR count). The molecule has 1 saturated heterocycles. The Hall–Kier alpha value is -2.74. The third-order valence-electron chi connectivity index (χ3n) is 4.43. The highest BCUT2D eigenvalue weighted by molar-refractivity contribution is 5.41. The largest absolute Gasteiger partial charge is 0.366 e. The zero-order valence-electron chi connectivity index (χ0n) is 15.1. The van der Waals surface area contributed by atoms with E-state index in [0.717, 1.165) is 37.3 Å². The van der Waals surface area contributed by atoms with Crippen molar-refractivity contribution in [1.29, 1.82) is 0 Å². The maximum Gasteiger partial charge on any atom is 0.269 e. The minimum Gasteiger partial charge on any atom is -0.366 e. The Kier molecular flexibility index (Phi) is 5.62. The summed E-state index contributed by atoms with van der Waals surface area (Å²) in [6.07, 6.45) is 3.92. The summed E-state index contributed by atoms with van der Waals surface area (Å²) >= 11 is 0. The molecule has 0 spiro atoms. The molecule has 1 fully saturated rings. The van der Waals surface area contributed by atoms with Gasteiger partial charge in [-0.1, -0.05) is 12.1 Å². The second-order valence-electron chi connectivity index (χ2n) is 6.78. The third-order valence-corrected chi connectivity index (χ3v) is 4.43. The van der Waals surface area contributed by atoms with Gasteiger partial charge < -0.3 is 10.2 Å². The van der Waals surface area contributed by atoms with E-state index >= 15 is 0 Å². The first-order chi connectivity index (χ1) is 12.5. The van der Waals surface area contributed by atoms with Crippen LogP contribution < -0.4 is 10.2 Å². The summed E-state index contributed by atoms with van der Waals surface area (Å²) in [5, 5.41) is 14.4.